The summed E-state index contributed by atoms with van der Waals surface area (Å²) in [7, 11) is 0.901. The van der Waals surface area contributed by atoms with Gasteiger partial charge in [0, 0.05) is 18.1 Å². The molecule has 1 aromatic carbocycles. The lowest BCUT2D eigenvalue weighted by atomic mass is 9.59. The van der Waals surface area contributed by atoms with E-state index in [-0.39, 0.29) is 11.0 Å². The first-order valence-electron chi connectivity index (χ1n) is 10.5. The van der Waals surface area contributed by atoms with Crippen molar-refractivity contribution in [2.75, 3.05) is 7.11 Å². The van der Waals surface area contributed by atoms with Gasteiger partial charge in [0.15, 0.2) is 0 Å². The number of carbonyl (C=O) groups is 1. The minimum absolute atomic E-state index is 0.0755. The fraction of sp³-hybridized carbons (Fsp3) is 0.625. The van der Waals surface area contributed by atoms with Crippen molar-refractivity contribution in [2.24, 2.45) is 10.8 Å². The van der Waals surface area contributed by atoms with Crippen LogP contribution in [-0.2, 0) is 19.9 Å². The van der Waals surface area contributed by atoms with E-state index in [2.05, 4.69) is 13.8 Å². The molecule has 2 aliphatic carbocycles. The molecule has 6 heteroatoms. The maximum Gasteiger partial charge on any atom is 0.432 e. The van der Waals surface area contributed by atoms with Gasteiger partial charge < -0.3 is 9.47 Å². The standard InChI is InChI=1S/C24H31F3O3/c1-21(2)15-9-12-18-17(21)13-14-19(22(18,3)4)30-20(28)23(29-5,24(25,26)27)16-10-7-6-8-11-16/h6-8,10-11,19H,9,12-15H2,1-5H3/t19-,23+/m1/s1. The summed E-state index contributed by atoms with van der Waals surface area (Å²) < 4.78 is 53.1. The minimum Gasteiger partial charge on any atom is -0.459 e. The molecule has 0 spiro atoms. The van der Waals surface area contributed by atoms with Crippen molar-refractivity contribution in [3.63, 3.8) is 0 Å². The number of allylic oxidation sites excluding steroid dienone is 1. The number of hydrogen-bond donors (Lipinski definition) is 0. The first-order valence-corrected chi connectivity index (χ1v) is 10.5. The van der Waals surface area contributed by atoms with E-state index in [1.54, 1.807) is 6.07 Å². The zero-order chi connectivity index (χ0) is 22.4. The number of methoxy groups -OCH3 is 1. The van der Waals surface area contributed by atoms with Crippen molar-refractivity contribution in [3.05, 3.63) is 47.0 Å². The van der Waals surface area contributed by atoms with Crippen LogP contribution in [0.4, 0.5) is 13.2 Å². The smallest absolute Gasteiger partial charge is 0.432 e. The highest BCUT2D eigenvalue weighted by atomic mass is 19.4. The van der Waals surface area contributed by atoms with Crippen LogP contribution < -0.4 is 0 Å². The maximum atomic E-state index is 14.2. The summed E-state index contributed by atoms with van der Waals surface area (Å²) in [6.07, 6.45) is -1.33. The van der Waals surface area contributed by atoms with E-state index in [9.17, 15) is 18.0 Å². The van der Waals surface area contributed by atoms with Gasteiger partial charge in [0.1, 0.15) is 6.10 Å². The van der Waals surface area contributed by atoms with E-state index < -0.39 is 29.3 Å². The summed E-state index contributed by atoms with van der Waals surface area (Å²) in [6.45, 7) is 8.40. The quantitative estimate of drug-likeness (QED) is 0.419. The SMILES string of the molecule is CO[C@](C(=O)O[C@@H]1CCC2=C(CCCC2(C)C)C1(C)C)(c1ccccc1)C(F)(F)F. The van der Waals surface area contributed by atoms with Gasteiger partial charge in [-0.05, 0) is 37.5 Å². The van der Waals surface area contributed by atoms with Gasteiger partial charge >= 0.3 is 12.1 Å². The van der Waals surface area contributed by atoms with Crippen LogP contribution in [0.1, 0.15) is 65.4 Å². The lowest BCUT2D eigenvalue weighted by Crippen LogP contribution is -2.54. The molecule has 0 aromatic heterocycles. The van der Waals surface area contributed by atoms with E-state index in [1.165, 1.54) is 35.4 Å². The van der Waals surface area contributed by atoms with Crippen LogP contribution in [0.15, 0.2) is 41.5 Å². The van der Waals surface area contributed by atoms with E-state index in [0.717, 1.165) is 32.8 Å². The van der Waals surface area contributed by atoms with Gasteiger partial charge in [-0.3, -0.25) is 0 Å². The third-order valence-corrected chi connectivity index (χ3v) is 7.07. The van der Waals surface area contributed by atoms with Crippen molar-refractivity contribution < 1.29 is 27.4 Å². The Balaban J connectivity index is 1.97. The minimum atomic E-state index is -4.96. The average molecular weight is 425 g/mol. The molecule has 30 heavy (non-hydrogen) atoms. The van der Waals surface area contributed by atoms with Gasteiger partial charge in [-0.2, -0.15) is 13.2 Å². The third kappa shape index (κ3) is 3.57. The second-order valence-corrected chi connectivity index (χ2v) is 9.60. The molecule has 0 bridgehead atoms. The monoisotopic (exact) mass is 424 g/mol. The molecule has 0 saturated heterocycles. The number of halogens is 3. The van der Waals surface area contributed by atoms with Crippen LogP contribution in [0, 0.1) is 10.8 Å². The molecule has 2 atom stereocenters. The molecule has 2 aliphatic rings. The Bertz CT molecular complexity index is 824. The van der Waals surface area contributed by atoms with Crippen LogP contribution in [0.2, 0.25) is 0 Å². The Hall–Kier alpha value is -1.82. The first-order chi connectivity index (χ1) is 13.9. The fourth-order valence-electron chi connectivity index (χ4n) is 5.25. The molecule has 0 saturated carbocycles. The van der Waals surface area contributed by atoms with E-state index in [1.807, 2.05) is 13.8 Å². The van der Waals surface area contributed by atoms with E-state index in [0.29, 0.717) is 6.42 Å². The van der Waals surface area contributed by atoms with Crippen LogP contribution in [-0.4, -0.2) is 25.4 Å². The summed E-state index contributed by atoms with van der Waals surface area (Å²) in [5.41, 5.74) is -1.27. The number of rotatable bonds is 4. The average Bonchev–Trinajstić information content (AvgIpc) is 2.65. The van der Waals surface area contributed by atoms with Crippen molar-refractivity contribution in [1.29, 1.82) is 0 Å². The van der Waals surface area contributed by atoms with Gasteiger partial charge in [-0.15, -0.1) is 0 Å². The first kappa shape index (κ1) is 22.9. The number of ether oxygens (including phenoxy) is 2. The van der Waals surface area contributed by atoms with Gasteiger partial charge in [-0.1, -0.05) is 69.2 Å². The predicted octanol–water partition coefficient (Wildman–Crippen LogP) is 6.33. The van der Waals surface area contributed by atoms with Crippen LogP contribution in [0.5, 0.6) is 0 Å². The lowest BCUT2D eigenvalue weighted by Gasteiger charge is -2.48. The third-order valence-electron chi connectivity index (χ3n) is 7.07. The number of hydrogen-bond acceptors (Lipinski definition) is 3. The van der Waals surface area contributed by atoms with E-state index in [4.69, 9.17) is 9.47 Å². The largest absolute Gasteiger partial charge is 0.459 e. The second kappa shape index (κ2) is 7.70. The van der Waals surface area contributed by atoms with Crippen molar-refractivity contribution in [1.82, 2.24) is 0 Å². The molecule has 3 rings (SSSR count). The van der Waals surface area contributed by atoms with Gasteiger partial charge in [0.05, 0.1) is 0 Å². The second-order valence-electron chi connectivity index (χ2n) is 9.60. The predicted molar refractivity (Wildman–Crippen MR) is 109 cm³/mol. The highest BCUT2D eigenvalue weighted by Gasteiger charge is 2.64. The number of benzene rings is 1. The lowest BCUT2D eigenvalue weighted by molar-refractivity contribution is -0.279. The van der Waals surface area contributed by atoms with Gasteiger partial charge in [0.25, 0.3) is 5.60 Å². The van der Waals surface area contributed by atoms with Crippen LogP contribution in [0.25, 0.3) is 0 Å². The normalized spacial score (nSPS) is 25.3. The van der Waals surface area contributed by atoms with Crippen molar-refractivity contribution >= 4 is 5.97 Å². The van der Waals surface area contributed by atoms with Crippen molar-refractivity contribution in [2.45, 2.75) is 77.7 Å². The molecule has 0 amide bonds. The fourth-order valence-corrected chi connectivity index (χ4v) is 5.25. The molecular formula is C24H31F3O3. The molecule has 166 valence electrons. The molecule has 0 unspecified atom stereocenters. The van der Waals surface area contributed by atoms with Gasteiger partial charge in [-0.25, -0.2) is 4.79 Å². The summed E-state index contributed by atoms with van der Waals surface area (Å²) in [5.74, 6) is -1.40. The Morgan fingerprint density at radius 2 is 1.67 bits per heavy atom. The summed E-state index contributed by atoms with van der Waals surface area (Å²) in [4.78, 5) is 13.1. The molecular weight excluding hydrogens is 393 g/mol. The number of alkyl halides is 3. The Morgan fingerprint density at radius 1 is 1.03 bits per heavy atom. The zero-order valence-corrected chi connectivity index (χ0v) is 18.4. The molecule has 0 fully saturated rings. The molecule has 1 aromatic rings. The molecule has 0 heterocycles. The number of esters is 1. The van der Waals surface area contributed by atoms with Crippen molar-refractivity contribution in [3.8, 4) is 0 Å². The molecule has 3 nitrogen and oxygen atoms in total. The molecule has 0 radical (unpaired) electrons. The molecule has 0 aliphatic heterocycles. The van der Waals surface area contributed by atoms with Crippen LogP contribution in [0.3, 0.4) is 0 Å². The number of carbonyl (C=O) groups excluding carboxylic acids is 1. The topological polar surface area (TPSA) is 35.5 Å². The Kier molecular flexibility index (Phi) is 5.87. The Labute approximate surface area is 176 Å². The van der Waals surface area contributed by atoms with Crippen LogP contribution >= 0.6 is 0 Å². The van der Waals surface area contributed by atoms with E-state index >= 15 is 0 Å². The maximum absolute atomic E-state index is 14.2. The molecule has 0 N–H and O–H groups in total. The zero-order valence-electron chi connectivity index (χ0n) is 18.4. The van der Waals surface area contributed by atoms with Gasteiger partial charge in [0.2, 0.25) is 0 Å². The summed E-state index contributed by atoms with van der Waals surface area (Å²) >= 11 is 0. The summed E-state index contributed by atoms with van der Waals surface area (Å²) in [6, 6.07) is 6.99. The highest BCUT2D eigenvalue weighted by Crippen LogP contribution is 2.54. The Morgan fingerprint density at radius 3 is 2.23 bits per heavy atom. The summed E-state index contributed by atoms with van der Waals surface area (Å²) in [5, 5.41) is 0. The highest BCUT2D eigenvalue weighted by molar-refractivity contribution is 5.83.